The molecule has 0 amide bonds. The fraction of sp³-hybridized carbons (Fsp3) is 0.476. The Labute approximate surface area is 185 Å². The van der Waals surface area contributed by atoms with E-state index in [0.29, 0.717) is 54.5 Å². The predicted molar refractivity (Wildman–Crippen MR) is 105 cm³/mol. The van der Waals surface area contributed by atoms with E-state index in [1.807, 2.05) is 0 Å². The summed E-state index contributed by atoms with van der Waals surface area (Å²) in [6.07, 6.45) is -5.86. The zero-order valence-electron chi connectivity index (χ0n) is 17.2. The minimum absolute atomic E-state index is 0.0150. The summed E-state index contributed by atoms with van der Waals surface area (Å²) in [5, 5.41) is 9.24. The summed E-state index contributed by atoms with van der Waals surface area (Å²) < 4.78 is 75.1. The maximum Gasteiger partial charge on any atom is 0.453 e. The Bertz CT molecular complexity index is 1040. The Kier molecular flexibility index (Phi) is 6.02. The molecule has 0 radical (unpaired) electrons. The summed E-state index contributed by atoms with van der Waals surface area (Å²) in [5.74, 6) is -4.94. The lowest BCUT2D eigenvalue weighted by molar-refractivity contribution is -0.284. The second-order valence-corrected chi connectivity index (χ2v) is 7.90. The number of rotatable bonds is 6. The highest BCUT2D eigenvalue weighted by atomic mass is 19.4. The van der Waals surface area contributed by atoms with Gasteiger partial charge in [0, 0.05) is 31.3 Å². The number of hydrogen-bond donors (Lipinski definition) is 1. The minimum Gasteiger partial charge on any atom is -0.481 e. The van der Waals surface area contributed by atoms with Crippen LogP contribution in [-0.4, -0.2) is 53.0 Å². The molecule has 1 aromatic carbocycles. The number of ether oxygens (including phenoxy) is 2. The molecule has 1 aromatic heterocycles. The van der Waals surface area contributed by atoms with Gasteiger partial charge in [0.2, 0.25) is 6.79 Å². The molecule has 2 aliphatic heterocycles. The van der Waals surface area contributed by atoms with E-state index in [4.69, 9.17) is 9.47 Å². The Morgan fingerprint density at radius 1 is 1.12 bits per heavy atom. The van der Waals surface area contributed by atoms with E-state index in [1.54, 1.807) is 23.1 Å². The maximum absolute atomic E-state index is 13.4. The van der Waals surface area contributed by atoms with Crippen LogP contribution in [0.5, 0.6) is 11.5 Å². The largest absolute Gasteiger partial charge is 0.481 e. The van der Waals surface area contributed by atoms with Crippen molar-refractivity contribution in [3.8, 4) is 22.8 Å². The van der Waals surface area contributed by atoms with Crippen molar-refractivity contribution in [1.82, 2.24) is 9.97 Å². The van der Waals surface area contributed by atoms with E-state index in [-0.39, 0.29) is 12.5 Å². The third-order valence-electron chi connectivity index (χ3n) is 5.70. The van der Waals surface area contributed by atoms with Crippen LogP contribution in [0.2, 0.25) is 0 Å². The fourth-order valence-electron chi connectivity index (χ4n) is 3.77. The molecule has 2 aromatic rings. The van der Waals surface area contributed by atoms with Gasteiger partial charge in [-0.3, -0.25) is 9.78 Å². The van der Waals surface area contributed by atoms with Gasteiger partial charge in [-0.15, -0.1) is 0 Å². The summed E-state index contributed by atoms with van der Waals surface area (Å²) in [6.45, 7) is 0.711. The van der Waals surface area contributed by atoms with E-state index in [9.17, 15) is 31.9 Å². The zero-order valence-corrected chi connectivity index (χ0v) is 17.2. The number of piperidine rings is 1. The van der Waals surface area contributed by atoms with Gasteiger partial charge in [0.25, 0.3) is 0 Å². The highest BCUT2D eigenvalue weighted by Gasteiger charge is 2.56. The molecule has 0 aliphatic carbocycles. The van der Waals surface area contributed by atoms with E-state index in [1.165, 1.54) is 6.20 Å². The van der Waals surface area contributed by atoms with Crippen LogP contribution in [0.15, 0.2) is 24.4 Å². The number of nitrogens with zero attached hydrogens (tertiary/aromatic N) is 3. The number of alkyl halides is 5. The highest BCUT2D eigenvalue weighted by Crippen LogP contribution is 2.40. The molecule has 2 aliphatic rings. The molecule has 1 saturated heterocycles. The summed E-state index contributed by atoms with van der Waals surface area (Å²) in [6, 6.07) is 5.07. The molecular formula is C21H20F5N3O4. The third-order valence-corrected chi connectivity index (χ3v) is 5.70. The minimum atomic E-state index is -5.64. The molecule has 12 heteroatoms. The van der Waals surface area contributed by atoms with Crippen LogP contribution in [-0.2, 0) is 11.2 Å². The van der Waals surface area contributed by atoms with Gasteiger partial charge in [-0.25, -0.2) is 4.98 Å². The molecule has 3 heterocycles. The average molecular weight is 473 g/mol. The number of carboxylic acid groups (broad SMARTS) is 1. The predicted octanol–water partition coefficient (Wildman–Crippen LogP) is 4.30. The van der Waals surface area contributed by atoms with Crippen molar-refractivity contribution in [2.24, 2.45) is 5.92 Å². The number of carboxylic acids is 1. The van der Waals surface area contributed by atoms with Gasteiger partial charge < -0.3 is 19.5 Å². The second kappa shape index (κ2) is 8.64. The molecule has 178 valence electrons. The molecule has 33 heavy (non-hydrogen) atoms. The molecule has 1 fully saturated rings. The number of aliphatic carboxylic acids is 1. The van der Waals surface area contributed by atoms with Crippen molar-refractivity contribution in [3.63, 3.8) is 0 Å². The number of anilines is 1. The van der Waals surface area contributed by atoms with Gasteiger partial charge in [0.15, 0.2) is 17.3 Å². The number of benzene rings is 1. The van der Waals surface area contributed by atoms with Gasteiger partial charge in [0.05, 0.1) is 11.6 Å². The average Bonchev–Trinajstić information content (AvgIpc) is 3.25. The van der Waals surface area contributed by atoms with Crippen molar-refractivity contribution >= 4 is 11.8 Å². The molecule has 7 nitrogen and oxygen atoms in total. The zero-order chi connectivity index (χ0) is 23.8. The van der Waals surface area contributed by atoms with E-state index in [2.05, 4.69) is 9.97 Å². The summed E-state index contributed by atoms with van der Waals surface area (Å²) in [4.78, 5) is 21.7. The monoisotopic (exact) mass is 473 g/mol. The van der Waals surface area contributed by atoms with Crippen LogP contribution in [0.3, 0.4) is 0 Å². The lowest BCUT2D eigenvalue weighted by atomic mass is 9.97. The lowest BCUT2D eigenvalue weighted by Gasteiger charge is -2.32. The first-order valence-electron chi connectivity index (χ1n) is 10.2. The number of fused-ring (bicyclic) bond motifs is 1. The van der Waals surface area contributed by atoms with Crippen LogP contribution in [0.4, 0.5) is 27.8 Å². The SMILES string of the molecule is O=C(O)C1CCN(c2nc(CCC(F)(F)C(F)(F)F)cnc2-c2ccc3c(c2)OCO3)CC1. The Morgan fingerprint density at radius 2 is 1.82 bits per heavy atom. The Hall–Kier alpha value is -3.18. The van der Waals surface area contributed by atoms with Gasteiger partial charge in [0.1, 0.15) is 5.69 Å². The van der Waals surface area contributed by atoms with Crippen LogP contribution < -0.4 is 14.4 Å². The number of hydrogen-bond acceptors (Lipinski definition) is 6. The quantitative estimate of drug-likeness (QED) is 0.626. The lowest BCUT2D eigenvalue weighted by Crippen LogP contribution is -2.38. The third kappa shape index (κ3) is 4.79. The molecular weight excluding hydrogens is 453 g/mol. The Balaban J connectivity index is 1.64. The van der Waals surface area contributed by atoms with Crippen molar-refractivity contribution < 1.29 is 41.3 Å². The van der Waals surface area contributed by atoms with Gasteiger partial charge >= 0.3 is 18.1 Å². The van der Waals surface area contributed by atoms with Crippen LogP contribution >= 0.6 is 0 Å². The standard InChI is InChI=1S/C21H20F5N3O4/c22-20(23,21(24,25)26)6-3-14-10-27-17(13-1-2-15-16(9-13)33-11-32-15)18(28-14)29-7-4-12(5-8-29)19(30)31/h1-2,9-10,12H,3-8,11H2,(H,30,31). The first-order chi connectivity index (χ1) is 15.5. The fourth-order valence-corrected chi connectivity index (χ4v) is 3.77. The molecule has 0 spiro atoms. The van der Waals surface area contributed by atoms with E-state index >= 15 is 0 Å². The van der Waals surface area contributed by atoms with Crippen LogP contribution in [0, 0.1) is 5.92 Å². The molecule has 0 atom stereocenters. The van der Waals surface area contributed by atoms with Crippen LogP contribution in [0.25, 0.3) is 11.3 Å². The number of halogens is 5. The van der Waals surface area contributed by atoms with E-state index < -0.39 is 36.8 Å². The second-order valence-electron chi connectivity index (χ2n) is 7.90. The molecule has 1 N–H and O–H groups in total. The van der Waals surface area contributed by atoms with Gasteiger partial charge in [-0.2, -0.15) is 22.0 Å². The van der Waals surface area contributed by atoms with Gasteiger partial charge in [-0.1, -0.05) is 0 Å². The summed E-state index contributed by atoms with van der Waals surface area (Å²) in [5.41, 5.74) is 0.960. The molecule has 4 rings (SSSR count). The molecule has 0 bridgehead atoms. The summed E-state index contributed by atoms with van der Waals surface area (Å²) in [7, 11) is 0. The first kappa shape index (κ1) is 23.0. The Morgan fingerprint density at radius 3 is 2.48 bits per heavy atom. The van der Waals surface area contributed by atoms with Crippen molar-refractivity contribution in [3.05, 3.63) is 30.1 Å². The van der Waals surface area contributed by atoms with Crippen molar-refractivity contribution in [2.75, 3.05) is 24.8 Å². The molecule has 0 saturated carbocycles. The summed E-state index contributed by atoms with van der Waals surface area (Å²) >= 11 is 0. The number of aromatic nitrogens is 2. The number of carbonyl (C=O) groups is 1. The van der Waals surface area contributed by atoms with Gasteiger partial charge in [-0.05, 0) is 37.5 Å². The topological polar surface area (TPSA) is 84.8 Å². The highest BCUT2D eigenvalue weighted by molar-refractivity contribution is 5.75. The van der Waals surface area contributed by atoms with Crippen LogP contribution in [0.1, 0.15) is 25.0 Å². The maximum atomic E-state index is 13.4. The van der Waals surface area contributed by atoms with Crippen molar-refractivity contribution in [2.45, 2.75) is 37.8 Å². The first-order valence-corrected chi connectivity index (χ1v) is 10.2. The normalized spacial score (nSPS) is 16.8. The molecule has 0 unspecified atom stereocenters. The smallest absolute Gasteiger partial charge is 0.453 e. The van der Waals surface area contributed by atoms with E-state index in [0.717, 1.165) is 0 Å². The number of aryl methyl sites for hydroxylation is 1. The van der Waals surface area contributed by atoms with Crippen molar-refractivity contribution in [1.29, 1.82) is 0 Å².